The van der Waals surface area contributed by atoms with E-state index in [4.69, 9.17) is 9.47 Å². The zero-order valence-electron chi connectivity index (χ0n) is 13.0. The maximum absolute atomic E-state index is 11.8. The molecule has 2 atom stereocenters. The van der Waals surface area contributed by atoms with Gasteiger partial charge in [-0.2, -0.15) is 0 Å². The van der Waals surface area contributed by atoms with E-state index in [1.54, 1.807) is 7.11 Å². The molecule has 0 fully saturated rings. The molecule has 0 aliphatic heterocycles. The van der Waals surface area contributed by atoms with Crippen molar-refractivity contribution in [2.24, 2.45) is 0 Å². The lowest BCUT2D eigenvalue weighted by molar-refractivity contribution is 0.0412. The van der Waals surface area contributed by atoms with Crippen LogP contribution in [0.2, 0.25) is 0 Å². The average molecular weight is 293 g/mol. The van der Waals surface area contributed by atoms with Crippen molar-refractivity contribution >= 4 is 6.09 Å². The highest BCUT2D eigenvalue weighted by Gasteiger charge is 2.31. The van der Waals surface area contributed by atoms with E-state index in [0.717, 1.165) is 16.9 Å². The summed E-state index contributed by atoms with van der Waals surface area (Å²) in [5.41, 5.74) is 1.54. The summed E-state index contributed by atoms with van der Waals surface area (Å²) < 4.78 is 10.6. The van der Waals surface area contributed by atoms with Gasteiger partial charge in [0.1, 0.15) is 11.4 Å². The molecule has 0 spiro atoms. The summed E-state index contributed by atoms with van der Waals surface area (Å²) in [6, 6.07) is 5.44. The van der Waals surface area contributed by atoms with Gasteiger partial charge in [0.05, 0.1) is 19.3 Å². The molecule has 0 saturated carbocycles. The van der Waals surface area contributed by atoms with E-state index in [-0.39, 0.29) is 6.04 Å². The van der Waals surface area contributed by atoms with Crippen molar-refractivity contribution in [1.82, 2.24) is 5.32 Å². The van der Waals surface area contributed by atoms with Crippen LogP contribution in [0.3, 0.4) is 0 Å². The number of rotatable bonds is 2. The second kappa shape index (κ2) is 5.93. The number of carbonyl (C=O) groups is 1. The molecule has 2 N–H and O–H groups in total. The third kappa shape index (κ3) is 3.88. The number of methoxy groups -OCH3 is 1. The van der Waals surface area contributed by atoms with Crippen molar-refractivity contribution in [2.45, 2.75) is 51.4 Å². The summed E-state index contributed by atoms with van der Waals surface area (Å²) in [4.78, 5) is 11.8. The Hall–Kier alpha value is -1.75. The van der Waals surface area contributed by atoms with Crippen LogP contribution in [0.15, 0.2) is 18.2 Å². The van der Waals surface area contributed by atoms with Gasteiger partial charge in [-0.25, -0.2) is 4.79 Å². The number of benzene rings is 1. The Bertz CT molecular complexity index is 521. The van der Waals surface area contributed by atoms with Crippen LogP contribution in [0.5, 0.6) is 5.75 Å². The monoisotopic (exact) mass is 293 g/mol. The Labute approximate surface area is 125 Å². The van der Waals surface area contributed by atoms with Crippen LogP contribution in [-0.2, 0) is 17.6 Å². The maximum Gasteiger partial charge on any atom is 0.407 e. The summed E-state index contributed by atoms with van der Waals surface area (Å²) in [6.45, 7) is 5.43. The highest BCUT2D eigenvalue weighted by molar-refractivity contribution is 5.68. The summed E-state index contributed by atoms with van der Waals surface area (Å²) in [5, 5.41) is 13.0. The van der Waals surface area contributed by atoms with Gasteiger partial charge in [-0.15, -0.1) is 0 Å². The SMILES string of the molecule is COc1cccc2c1C[C@@H](O)[C@H](NC(=O)OC(C)(C)C)C2. The molecule has 0 bridgehead atoms. The van der Waals surface area contributed by atoms with Crippen molar-refractivity contribution < 1.29 is 19.4 Å². The third-order valence-corrected chi connectivity index (χ3v) is 3.47. The van der Waals surface area contributed by atoms with Crippen molar-refractivity contribution in [3.8, 4) is 5.75 Å². The molecule has 1 amide bonds. The van der Waals surface area contributed by atoms with E-state index in [1.165, 1.54) is 0 Å². The van der Waals surface area contributed by atoms with Crippen molar-refractivity contribution in [3.63, 3.8) is 0 Å². The number of fused-ring (bicyclic) bond motifs is 1. The lowest BCUT2D eigenvalue weighted by Gasteiger charge is -2.32. The first kappa shape index (κ1) is 15.6. The molecule has 5 nitrogen and oxygen atoms in total. The standard InChI is InChI=1S/C16H23NO4/c1-16(2,3)21-15(19)17-12-8-10-6-5-7-14(20-4)11(10)9-13(12)18/h5-7,12-13,18H,8-9H2,1-4H3,(H,17,19)/t12-,13-/m1/s1. The first-order valence-corrected chi connectivity index (χ1v) is 7.12. The summed E-state index contributed by atoms with van der Waals surface area (Å²) in [6.07, 6.45) is -0.133. The minimum atomic E-state index is -0.652. The summed E-state index contributed by atoms with van der Waals surface area (Å²) >= 11 is 0. The Balaban J connectivity index is 2.09. The van der Waals surface area contributed by atoms with Crippen LogP contribution in [-0.4, -0.2) is 36.1 Å². The van der Waals surface area contributed by atoms with Gasteiger partial charge in [-0.3, -0.25) is 0 Å². The van der Waals surface area contributed by atoms with E-state index in [1.807, 2.05) is 39.0 Å². The van der Waals surface area contributed by atoms with Gasteiger partial charge in [-0.1, -0.05) is 12.1 Å². The van der Waals surface area contributed by atoms with E-state index >= 15 is 0 Å². The fourth-order valence-corrected chi connectivity index (χ4v) is 2.56. The smallest absolute Gasteiger partial charge is 0.407 e. The van der Waals surface area contributed by atoms with Crippen LogP contribution in [0, 0.1) is 0 Å². The third-order valence-electron chi connectivity index (χ3n) is 3.47. The first-order valence-electron chi connectivity index (χ1n) is 7.12. The van der Waals surface area contributed by atoms with E-state index in [0.29, 0.717) is 12.8 Å². The Morgan fingerprint density at radius 2 is 2.05 bits per heavy atom. The zero-order chi connectivity index (χ0) is 15.6. The number of nitrogens with one attached hydrogen (secondary N) is 1. The molecule has 21 heavy (non-hydrogen) atoms. The second-order valence-electron chi connectivity index (χ2n) is 6.33. The molecule has 1 aliphatic carbocycles. The highest BCUT2D eigenvalue weighted by atomic mass is 16.6. The molecule has 1 aromatic rings. The fourth-order valence-electron chi connectivity index (χ4n) is 2.56. The first-order chi connectivity index (χ1) is 9.80. The lowest BCUT2D eigenvalue weighted by atomic mass is 9.85. The largest absolute Gasteiger partial charge is 0.496 e. The van der Waals surface area contributed by atoms with Crippen molar-refractivity contribution in [2.75, 3.05) is 7.11 Å². The van der Waals surface area contributed by atoms with Crippen LogP contribution < -0.4 is 10.1 Å². The van der Waals surface area contributed by atoms with Gasteiger partial charge < -0.3 is 19.9 Å². The van der Waals surface area contributed by atoms with E-state index in [9.17, 15) is 9.90 Å². The minimum absolute atomic E-state index is 0.348. The molecule has 0 heterocycles. The predicted octanol–water partition coefficient (Wildman–Crippen LogP) is 2.05. The Morgan fingerprint density at radius 1 is 1.33 bits per heavy atom. The molecule has 116 valence electrons. The number of aliphatic hydroxyl groups excluding tert-OH is 1. The van der Waals surface area contributed by atoms with Crippen LogP contribution in [0.25, 0.3) is 0 Å². The van der Waals surface area contributed by atoms with E-state index in [2.05, 4.69) is 5.32 Å². The van der Waals surface area contributed by atoms with Crippen LogP contribution in [0.4, 0.5) is 4.79 Å². The normalized spacial score (nSPS) is 21.4. The molecule has 0 saturated heterocycles. The minimum Gasteiger partial charge on any atom is -0.496 e. The number of aliphatic hydroxyl groups is 1. The van der Waals surface area contributed by atoms with Crippen molar-refractivity contribution in [3.05, 3.63) is 29.3 Å². The van der Waals surface area contributed by atoms with Gasteiger partial charge in [0, 0.05) is 12.0 Å². The molecular formula is C16H23NO4. The van der Waals surface area contributed by atoms with Gasteiger partial charge in [0.2, 0.25) is 0 Å². The molecule has 0 radical (unpaired) electrons. The fraction of sp³-hybridized carbons (Fsp3) is 0.562. The number of hydrogen-bond donors (Lipinski definition) is 2. The topological polar surface area (TPSA) is 67.8 Å². The maximum atomic E-state index is 11.8. The molecule has 0 aromatic heterocycles. The second-order valence-corrected chi connectivity index (χ2v) is 6.33. The molecular weight excluding hydrogens is 270 g/mol. The van der Waals surface area contributed by atoms with Gasteiger partial charge in [0.15, 0.2) is 0 Å². The highest BCUT2D eigenvalue weighted by Crippen LogP contribution is 2.29. The molecule has 2 rings (SSSR count). The van der Waals surface area contributed by atoms with Crippen LogP contribution >= 0.6 is 0 Å². The van der Waals surface area contributed by atoms with Gasteiger partial charge in [0.25, 0.3) is 0 Å². The number of hydrogen-bond acceptors (Lipinski definition) is 4. The lowest BCUT2D eigenvalue weighted by Crippen LogP contribution is -2.49. The molecule has 1 aromatic carbocycles. The number of ether oxygens (including phenoxy) is 2. The number of carbonyl (C=O) groups excluding carboxylic acids is 1. The number of alkyl carbamates (subject to hydrolysis) is 1. The molecule has 5 heteroatoms. The van der Waals surface area contributed by atoms with Crippen molar-refractivity contribution in [1.29, 1.82) is 0 Å². The Morgan fingerprint density at radius 3 is 2.67 bits per heavy atom. The Kier molecular flexibility index (Phi) is 4.42. The predicted molar refractivity (Wildman–Crippen MR) is 79.6 cm³/mol. The summed E-state index contributed by atoms with van der Waals surface area (Å²) in [7, 11) is 1.62. The van der Waals surface area contributed by atoms with Gasteiger partial charge in [-0.05, 0) is 38.8 Å². The zero-order valence-corrected chi connectivity index (χ0v) is 13.0. The van der Waals surface area contributed by atoms with Gasteiger partial charge >= 0.3 is 6.09 Å². The van der Waals surface area contributed by atoms with E-state index < -0.39 is 17.8 Å². The summed E-state index contributed by atoms with van der Waals surface area (Å²) in [5.74, 6) is 0.780. The average Bonchev–Trinajstić information content (AvgIpc) is 2.36. The quantitative estimate of drug-likeness (QED) is 0.875. The van der Waals surface area contributed by atoms with Crippen LogP contribution in [0.1, 0.15) is 31.9 Å². The molecule has 1 aliphatic rings. The number of amides is 1. The molecule has 0 unspecified atom stereocenters.